The molecule has 0 radical (unpaired) electrons. The van der Waals surface area contributed by atoms with Crippen molar-refractivity contribution in [2.45, 2.75) is 6.92 Å². The lowest BCUT2D eigenvalue weighted by molar-refractivity contribution is 0.0524. The maximum absolute atomic E-state index is 12.2. The van der Waals surface area contributed by atoms with Gasteiger partial charge in [0.25, 0.3) is 0 Å². The Hall–Kier alpha value is -2.54. The maximum atomic E-state index is 12.2. The number of ether oxygens (including phenoxy) is 1. The number of hydrogen-bond donors (Lipinski definition) is 0. The predicted molar refractivity (Wildman–Crippen MR) is 73.1 cm³/mol. The van der Waals surface area contributed by atoms with Crippen molar-refractivity contribution in [3.63, 3.8) is 0 Å². The minimum Gasteiger partial charge on any atom is -0.462 e. The number of rotatable bonds is 2. The van der Waals surface area contributed by atoms with Gasteiger partial charge in [0.05, 0.1) is 12.1 Å². The van der Waals surface area contributed by atoms with Crippen LogP contribution in [-0.4, -0.2) is 17.1 Å². The molecule has 0 fully saturated rings. The van der Waals surface area contributed by atoms with E-state index in [-0.39, 0.29) is 17.6 Å². The van der Waals surface area contributed by atoms with Crippen molar-refractivity contribution in [3.05, 3.63) is 45.7 Å². The topological polar surface area (TPSA) is 48.3 Å². The van der Waals surface area contributed by atoms with Crippen LogP contribution in [0.4, 0.5) is 0 Å². The molecule has 1 heterocycles. The van der Waals surface area contributed by atoms with E-state index in [2.05, 4.69) is 5.92 Å². The molecule has 0 saturated carbocycles. The second-order valence-electron chi connectivity index (χ2n) is 4.08. The molecule has 96 valence electrons. The van der Waals surface area contributed by atoms with Crippen molar-refractivity contribution >= 4 is 16.9 Å². The van der Waals surface area contributed by atoms with E-state index >= 15 is 0 Å². The summed E-state index contributed by atoms with van der Waals surface area (Å²) in [6.45, 7) is 1.93. The summed E-state index contributed by atoms with van der Waals surface area (Å²) < 4.78 is 6.57. The molecule has 4 nitrogen and oxygen atoms in total. The lowest BCUT2D eigenvalue weighted by atomic mass is 10.1. The number of aromatic nitrogens is 1. The van der Waals surface area contributed by atoms with Gasteiger partial charge in [0.15, 0.2) is 0 Å². The standard InChI is InChI=1S/C15H13NO3/c1-4-10-6-7-11-13(8-10)16(3)9-12(14(11)17)15(18)19-5-2/h1,6-9H,5H2,2-3H3. The Labute approximate surface area is 110 Å². The van der Waals surface area contributed by atoms with Crippen molar-refractivity contribution in [3.8, 4) is 12.3 Å². The molecule has 0 saturated heterocycles. The van der Waals surface area contributed by atoms with Crippen LogP contribution in [-0.2, 0) is 11.8 Å². The van der Waals surface area contributed by atoms with Gasteiger partial charge in [0.2, 0.25) is 5.43 Å². The Morgan fingerprint density at radius 2 is 2.21 bits per heavy atom. The zero-order chi connectivity index (χ0) is 14.0. The highest BCUT2D eigenvalue weighted by Crippen LogP contribution is 2.13. The van der Waals surface area contributed by atoms with Crippen LogP contribution in [0.2, 0.25) is 0 Å². The van der Waals surface area contributed by atoms with Crippen LogP contribution >= 0.6 is 0 Å². The lowest BCUT2D eigenvalue weighted by Crippen LogP contribution is -2.20. The summed E-state index contributed by atoms with van der Waals surface area (Å²) in [6.07, 6.45) is 6.81. The highest BCUT2D eigenvalue weighted by atomic mass is 16.5. The first-order chi connectivity index (χ1) is 9.08. The van der Waals surface area contributed by atoms with Gasteiger partial charge in [0.1, 0.15) is 5.56 Å². The number of benzene rings is 1. The second-order valence-corrected chi connectivity index (χ2v) is 4.08. The Morgan fingerprint density at radius 3 is 2.84 bits per heavy atom. The average Bonchev–Trinajstić information content (AvgIpc) is 2.42. The molecule has 0 N–H and O–H groups in total. The van der Waals surface area contributed by atoms with Gasteiger partial charge in [-0.15, -0.1) is 6.42 Å². The Morgan fingerprint density at radius 1 is 1.47 bits per heavy atom. The molecule has 0 aliphatic carbocycles. The summed E-state index contributed by atoms with van der Waals surface area (Å²) in [4.78, 5) is 23.9. The first kappa shape index (κ1) is 12.9. The molecule has 0 atom stereocenters. The lowest BCUT2D eigenvalue weighted by Gasteiger charge is -2.08. The zero-order valence-electron chi connectivity index (χ0n) is 10.8. The summed E-state index contributed by atoms with van der Waals surface area (Å²) in [6, 6.07) is 5.06. The van der Waals surface area contributed by atoms with E-state index in [0.29, 0.717) is 16.5 Å². The second kappa shape index (κ2) is 4.99. The van der Waals surface area contributed by atoms with Crippen molar-refractivity contribution in [1.29, 1.82) is 0 Å². The molecule has 19 heavy (non-hydrogen) atoms. The van der Waals surface area contributed by atoms with Crippen LogP contribution in [0.15, 0.2) is 29.2 Å². The number of carbonyl (C=O) groups excluding carboxylic acids is 1. The van der Waals surface area contributed by atoms with Crippen LogP contribution < -0.4 is 5.43 Å². The molecule has 1 aromatic carbocycles. The fourth-order valence-corrected chi connectivity index (χ4v) is 1.93. The number of terminal acetylenes is 1. The summed E-state index contributed by atoms with van der Waals surface area (Å²) in [5, 5.41) is 0.451. The summed E-state index contributed by atoms with van der Waals surface area (Å²) >= 11 is 0. The summed E-state index contributed by atoms with van der Waals surface area (Å²) in [5.41, 5.74) is 1.07. The van der Waals surface area contributed by atoms with Gasteiger partial charge in [-0.1, -0.05) is 5.92 Å². The monoisotopic (exact) mass is 255 g/mol. The van der Waals surface area contributed by atoms with Gasteiger partial charge in [-0.3, -0.25) is 4.79 Å². The quantitative estimate of drug-likeness (QED) is 0.606. The van der Waals surface area contributed by atoms with Crippen molar-refractivity contribution in [2.24, 2.45) is 7.05 Å². The third kappa shape index (κ3) is 2.23. The number of aryl methyl sites for hydroxylation is 1. The number of carbonyl (C=O) groups is 1. The van der Waals surface area contributed by atoms with E-state index in [0.717, 1.165) is 0 Å². The molecule has 2 rings (SSSR count). The first-order valence-electron chi connectivity index (χ1n) is 5.85. The van der Waals surface area contributed by atoms with Crippen LogP contribution in [0.25, 0.3) is 10.9 Å². The molecule has 0 bridgehead atoms. The van der Waals surface area contributed by atoms with Crippen LogP contribution in [0.5, 0.6) is 0 Å². The first-order valence-corrected chi connectivity index (χ1v) is 5.85. The molecule has 0 aliphatic rings. The third-order valence-electron chi connectivity index (χ3n) is 2.85. The van der Waals surface area contributed by atoms with E-state index in [9.17, 15) is 9.59 Å². The van der Waals surface area contributed by atoms with E-state index < -0.39 is 5.97 Å². The summed E-state index contributed by atoms with van der Waals surface area (Å²) in [7, 11) is 1.75. The van der Waals surface area contributed by atoms with Crippen molar-refractivity contribution < 1.29 is 9.53 Å². The molecule has 2 aromatic rings. The number of esters is 1. The predicted octanol–water partition coefficient (Wildman–Crippen LogP) is 1.70. The Kier molecular flexibility index (Phi) is 3.39. The molecule has 1 aromatic heterocycles. The molecule has 0 unspecified atom stereocenters. The molecule has 0 spiro atoms. The SMILES string of the molecule is C#Cc1ccc2c(=O)c(C(=O)OCC)cn(C)c2c1. The zero-order valence-corrected chi connectivity index (χ0v) is 10.8. The normalized spacial score (nSPS) is 10.2. The Bertz CT molecular complexity index is 750. The largest absolute Gasteiger partial charge is 0.462 e. The minimum absolute atomic E-state index is 0.0327. The van der Waals surface area contributed by atoms with E-state index in [1.165, 1.54) is 6.20 Å². The fraction of sp³-hybridized carbons (Fsp3) is 0.200. The van der Waals surface area contributed by atoms with Crippen LogP contribution in [0, 0.1) is 12.3 Å². The van der Waals surface area contributed by atoms with Gasteiger partial charge >= 0.3 is 5.97 Å². The van der Waals surface area contributed by atoms with Gasteiger partial charge in [-0.2, -0.15) is 0 Å². The number of fused-ring (bicyclic) bond motifs is 1. The van der Waals surface area contributed by atoms with Crippen LogP contribution in [0.1, 0.15) is 22.8 Å². The van der Waals surface area contributed by atoms with Crippen LogP contribution in [0.3, 0.4) is 0 Å². The number of nitrogens with zero attached hydrogens (tertiary/aromatic N) is 1. The molecular weight excluding hydrogens is 242 g/mol. The Balaban J connectivity index is 2.74. The highest BCUT2D eigenvalue weighted by Gasteiger charge is 2.15. The molecule has 4 heteroatoms. The van der Waals surface area contributed by atoms with Gasteiger partial charge < -0.3 is 9.30 Å². The van der Waals surface area contributed by atoms with Crippen molar-refractivity contribution in [1.82, 2.24) is 4.57 Å². The fourth-order valence-electron chi connectivity index (χ4n) is 1.93. The number of hydrogen-bond acceptors (Lipinski definition) is 3. The summed E-state index contributed by atoms with van der Waals surface area (Å²) in [5.74, 6) is 1.91. The van der Waals surface area contributed by atoms with Gasteiger partial charge in [-0.25, -0.2) is 4.79 Å². The smallest absolute Gasteiger partial charge is 0.343 e. The maximum Gasteiger partial charge on any atom is 0.343 e. The third-order valence-corrected chi connectivity index (χ3v) is 2.85. The average molecular weight is 255 g/mol. The molecular formula is C15H13NO3. The minimum atomic E-state index is -0.606. The highest BCUT2D eigenvalue weighted by molar-refractivity contribution is 5.94. The van der Waals surface area contributed by atoms with E-state index in [4.69, 9.17) is 11.2 Å². The van der Waals surface area contributed by atoms with Crippen molar-refractivity contribution in [2.75, 3.05) is 6.61 Å². The molecule has 0 amide bonds. The van der Waals surface area contributed by atoms with E-state index in [1.807, 2.05) is 0 Å². The molecule has 0 aliphatic heterocycles. The number of pyridine rings is 1. The van der Waals surface area contributed by atoms with Gasteiger partial charge in [0, 0.05) is 24.2 Å². The van der Waals surface area contributed by atoms with Gasteiger partial charge in [-0.05, 0) is 25.1 Å². The van der Waals surface area contributed by atoms with E-state index in [1.54, 1.807) is 36.7 Å².